The maximum Gasteiger partial charge on any atom is 0.418 e. The molecular formula is C14H16F3N3. The predicted octanol–water partition coefficient (Wildman–Crippen LogP) is 4.45. The van der Waals surface area contributed by atoms with Gasteiger partial charge in [-0.1, -0.05) is 25.5 Å². The highest BCUT2D eigenvalue weighted by molar-refractivity contribution is 5.59. The average molecular weight is 283 g/mol. The number of aryl methyl sites for hydroxylation is 1. The molecule has 0 aliphatic carbocycles. The highest BCUT2D eigenvalue weighted by Crippen LogP contribution is 2.35. The van der Waals surface area contributed by atoms with Crippen LogP contribution in [-0.2, 0) is 12.7 Å². The first-order valence-electron chi connectivity index (χ1n) is 6.46. The number of halogens is 3. The largest absolute Gasteiger partial charge is 0.418 e. The lowest BCUT2D eigenvalue weighted by Gasteiger charge is -2.15. The minimum absolute atomic E-state index is 0.0175. The van der Waals surface area contributed by atoms with Gasteiger partial charge in [-0.25, -0.2) is 4.98 Å². The molecule has 108 valence electrons. The van der Waals surface area contributed by atoms with Crippen molar-refractivity contribution in [1.82, 2.24) is 9.55 Å². The maximum atomic E-state index is 12.9. The molecule has 2 rings (SSSR count). The number of anilines is 2. The fraction of sp³-hybridized carbons (Fsp3) is 0.357. The number of unbranched alkanes of at least 4 members (excludes halogenated alkanes) is 1. The molecule has 0 aliphatic rings. The minimum Gasteiger partial charge on any atom is -0.325 e. The van der Waals surface area contributed by atoms with E-state index < -0.39 is 11.7 Å². The van der Waals surface area contributed by atoms with Gasteiger partial charge in [-0.15, -0.1) is 0 Å². The lowest BCUT2D eigenvalue weighted by atomic mass is 10.1. The van der Waals surface area contributed by atoms with E-state index in [1.54, 1.807) is 18.5 Å². The molecule has 0 spiro atoms. The number of imidazole rings is 1. The fourth-order valence-corrected chi connectivity index (χ4v) is 1.90. The monoisotopic (exact) mass is 283 g/mol. The molecule has 0 saturated heterocycles. The molecule has 1 aromatic heterocycles. The summed E-state index contributed by atoms with van der Waals surface area (Å²) in [6.45, 7) is 2.79. The Hall–Kier alpha value is -1.98. The van der Waals surface area contributed by atoms with Crippen LogP contribution in [0.1, 0.15) is 25.3 Å². The summed E-state index contributed by atoms with van der Waals surface area (Å²) < 4.78 is 40.6. The lowest BCUT2D eigenvalue weighted by molar-refractivity contribution is -0.136. The summed E-state index contributed by atoms with van der Waals surface area (Å²) in [6, 6.07) is 5.40. The van der Waals surface area contributed by atoms with Crippen molar-refractivity contribution in [3.05, 3.63) is 42.2 Å². The van der Waals surface area contributed by atoms with Crippen molar-refractivity contribution >= 4 is 11.6 Å². The molecule has 1 aromatic carbocycles. The van der Waals surface area contributed by atoms with E-state index in [9.17, 15) is 13.2 Å². The average Bonchev–Trinajstić information content (AvgIpc) is 2.83. The highest BCUT2D eigenvalue weighted by Gasteiger charge is 2.33. The van der Waals surface area contributed by atoms with Crippen LogP contribution in [0.25, 0.3) is 0 Å². The van der Waals surface area contributed by atoms with Crippen molar-refractivity contribution in [2.24, 2.45) is 0 Å². The van der Waals surface area contributed by atoms with Gasteiger partial charge in [0, 0.05) is 18.9 Å². The van der Waals surface area contributed by atoms with E-state index in [0.717, 1.165) is 25.5 Å². The Morgan fingerprint density at radius 2 is 2.00 bits per heavy atom. The smallest absolute Gasteiger partial charge is 0.325 e. The van der Waals surface area contributed by atoms with Gasteiger partial charge in [-0.05, 0) is 18.6 Å². The molecule has 0 fully saturated rings. The molecule has 3 nitrogen and oxygen atoms in total. The van der Waals surface area contributed by atoms with E-state index >= 15 is 0 Å². The SMILES string of the molecule is CCCCn1ccnc1Nc1ccccc1C(F)(F)F. The lowest BCUT2D eigenvalue weighted by Crippen LogP contribution is -2.10. The maximum absolute atomic E-state index is 12.9. The first-order valence-corrected chi connectivity index (χ1v) is 6.46. The number of nitrogens with zero attached hydrogens (tertiary/aromatic N) is 2. The van der Waals surface area contributed by atoms with Crippen LogP contribution in [-0.4, -0.2) is 9.55 Å². The number of para-hydroxylation sites is 1. The third-order valence-corrected chi connectivity index (χ3v) is 2.95. The Kier molecular flexibility index (Phi) is 4.32. The molecule has 0 saturated carbocycles. The molecule has 1 N–H and O–H groups in total. The quantitative estimate of drug-likeness (QED) is 0.878. The third-order valence-electron chi connectivity index (χ3n) is 2.95. The van der Waals surface area contributed by atoms with E-state index in [1.165, 1.54) is 12.1 Å². The van der Waals surface area contributed by atoms with Crippen molar-refractivity contribution in [2.45, 2.75) is 32.5 Å². The van der Waals surface area contributed by atoms with E-state index in [1.807, 2.05) is 4.57 Å². The van der Waals surface area contributed by atoms with Crippen LogP contribution in [0.5, 0.6) is 0 Å². The van der Waals surface area contributed by atoms with Crippen LogP contribution in [0.15, 0.2) is 36.7 Å². The topological polar surface area (TPSA) is 29.9 Å². The van der Waals surface area contributed by atoms with Gasteiger partial charge in [0.2, 0.25) is 5.95 Å². The van der Waals surface area contributed by atoms with Gasteiger partial charge in [0.1, 0.15) is 0 Å². The van der Waals surface area contributed by atoms with E-state index in [4.69, 9.17) is 0 Å². The van der Waals surface area contributed by atoms with Crippen LogP contribution in [0.3, 0.4) is 0 Å². The molecule has 0 atom stereocenters. The minimum atomic E-state index is -4.38. The van der Waals surface area contributed by atoms with Gasteiger partial charge in [-0.2, -0.15) is 13.2 Å². The Balaban J connectivity index is 2.25. The van der Waals surface area contributed by atoms with Gasteiger partial charge in [0.25, 0.3) is 0 Å². The number of aromatic nitrogens is 2. The first kappa shape index (κ1) is 14.4. The van der Waals surface area contributed by atoms with Crippen LogP contribution >= 0.6 is 0 Å². The Bertz CT molecular complexity index is 561. The molecule has 1 heterocycles. The third kappa shape index (κ3) is 3.31. The van der Waals surface area contributed by atoms with E-state index in [0.29, 0.717) is 5.95 Å². The summed E-state index contributed by atoms with van der Waals surface area (Å²) in [5, 5.41) is 2.77. The molecule has 20 heavy (non-hydrogen) atoms. The van der Waals surface area contributed by atoms with Crippen LogP contribution in [0.4, 0.5) is 24.8 Å². The molecule has 6 heteroatoms. The first-order chi connectivity index (χ1) is 9.52. The second kappa shape index (κ2) is 5.98. The van der Waals surface area contributed by atoms with Gasteiger partial charge in [0.05, 0.1) is 11.3 Å². The van der Waals surface area contributed by atoms with Crippen LogP contribution in [0.2, 0.25) is 0 Å². The summed E-state index contributed by atoms with van der Waals surface area (Å²) in [5.74, 6) is 0.426. The molecule has 0 amide bonds. The summed E-state index contributed by atoms with van der Waals surface area (Å²) >= 11 is 0. The number of rotatable bonds is 5. The van der Waals surface area contributed by atoms with E-state index in [2.05, 4.69) is 17.2 Å². The number of nitrogens with one attached hydrogen (secondary N) is 1. The second-order valence-corrected chi connectivity index (χ2v) is 4.47. The summed E-state index contributed by atoms with van der Waals surface area (Å²) in [7, 11) is 0. The van der Waals surface area contributed by atoms with Crippen molar-refractivity contribution in [3.8, 4) is 0 Å². The zero-order valence-corrected chi connectivity index (χ0v) is 11.1. The Morgan fingerprint density at radius 3 is 2.70 bits per heavy atom. The standard InChI is InChI=1S/C14H16F3N3/c1-2-3-9-20-10-8-18-13(20)19-12-7-5-4-6-11(12)14(15,16)17/h4-8,10H,2-3,9H2,1H3,(H,18,19). The number of hydrogen-bond acceptors (Lipinski definition) is 2. The van der Waals surface area contributed by atoms with Gasteiger partial charge in [-0.3, -0.25) is 0 Å². The molecular weight excluding hydrogens is 267 g/mol. The summed E-state index contributed by atoms with van der Waals surface area (Å²) in [5.41, 5.74) is -0.672. The van der Waals surface area contributed by atoms with Crippen LogP contribution < -0.4 is 5.32 Å². The predicted molar refractivity (Wildman–Crippen MR) is 71.9 cm³/mol. The molecule has 0 unspecified atom stereocenters. The molecule has 2 aromatic rings. The summed E-state index contributed by atoms with van der Waals surface area (Å²) in [6.07, 6.45) is 0.912. The highest BCUT2D eigenvalue weighted by atomic mass is 19.4. The molecule has 0 aliphatic heterocycles. The second-order valence-electron chi connectivity index (χ2n) is 4.47. The van der Waals surface area contributed by atoms with Crippen molar-refractivity contribution < 1.29 is 13.2 Å². The zero-order valence-electron chi connectivity index (χ0n) is 11.1. The molecule has 0 radical (unpaired) electrons. The van der Waals surface area contributed by atoms with Crippen LogP contribution in [0, 0.1) is 0 Å². The number of benzene rings is 1. The number of alkyl halides is 3. The van der Waals surface area contributed by atoms with Gasteiger partial charge in [0.15, 0.2) is 0 Å². The molecule has 0 bridgehead atoms. The Morgan fingerprint density at radius 1 is 1.25 bits per heavy atom. The summed E-state index contributed by atoms with van der Waals surface area (Å²) in [4.78, 5) is 4.07. The zero-order chi connectivity index (χ0) is 14.6. The normalized spacial score (nSPS) is 11.6. The Labute approximate surface area is 115 Å². The van der Waals surface area contributed by atoms with Crippen molar-refractivity contribution in [2.75, 3.05) is 5.32 Å². The van der Waals surface area contributed by atoms with E-state index in [-0.39, 0.29) is 5.69 Å². The van der Waals surface area contributed by atoms with Gasteiger partial charge >= 0.3 is 6.18 Å². The fourth-order valence-electron chi connectivity index (χ4n) is 1.90. The van der Waals surface area contributed by atoms with Crippen molar-refractivity contribution in [3.63, 3.8) is 0 Å². The number of hydrogen-bond donors (Lipinski definition) is 1. The van der Waals surface area contributed by atoms with Gasteiger partial charge < -0.3 is 9.88 Å². The van der Waals surface area contributed by atoms with Crippen molar-refractivity contribution in [1.29, 1.82) is 0 Å².